The summed E-state index contributed by atoms with van der Waals surface area (Å²) in [7, 11) is 0. The standard InChI is InChI=1S/C2H6O.H2O.H3P/c1-2-3;;/h3H,2H2,1H3;1H2;1H3. The lowest BCUT2D eigenvalue weighted by Gasteiger charge is -1.52. The quantitative estimate of drug-likeness (QED) is 0.419. The zero-order valence-corrected chi connectivity index (χ0v) is 5.60. The lowest BCUT2D eigenvalue weighted by atomic mass is 10.9. The smallest absolute Gasteiger partial charge is 0.0402 e. The molecule has 0 aliphatic heterocycles. The summed E-state index contributed by atoms with van der Waals surface area (Å²) < 4.78 is 0. The van der Waals surface area contributed by atoms with Gasteiger partial charge in [0.2, 0.25) is 0 Å². The Labute approximate surface area is 35.1 Å². The molecule has 36 valence electrons. The van der Waals surface area contributed by atoms with Crippen molar-refractivity contribution in [2.75, 3.05) is 6.61 Å². The molecule has 1 unspecified atom stereocenters. The maximum atomic E-state index is 7.57. The van der Waals surface area contributed by atoms with Crippen molar-refractivity contribution < 1.29 is 10.6 Å². The third-order valence-corrected chi connectivity index (χ3v) is 0. The topological polar surface area (TPSA) is 50.2 Å². The van der Waals surface area contributed by atoms with Crippen molar-refractivity contribution in [2.45, 2.75) is 6.92 Å². The fourth-order valence-corrected chi connectivity index (χ4v) is 0. The van der Waals surface area contributed by atoms with E-state index in [1.165, 1.54) is 0 Å². The molecule has 0 aliphatic carbocycles. The molecule has 3 heteroatoms. The van der Waals surface area contributed by atoms with Crippen LogP contribution in [0.5, 0.6) is 0 Å². The number of aliphatic hydroxyl groups excluding tert-OH is 1. The maximum Gasteiger partial charge on any atom is 0.0402 e. The minimum absolute atomic E-state index is 0. The minimum atomic E-state index is 0. The van der Waals surface area contributed by atoms with Gasteiger partial charge >= 0.3 is 0 Å². The summed E-state index contributed by atoms with van der Waals surface area (Å²) in [5.74, 6) is 0. The molecule has 0 bridgehead atoms. The molecule has 0 radical (unpaired) electrons. The van der Waals surface area contributed by atoms with Crippen LogP contribution in [-0.2, 0) is 0 Å². The molecular formula is C2H11O2P. The van der Waals surface area contributed by atoms with Gasteiger partial charge in [0.15, 0.2) is 0 Å². The van der Waals surface area contributed by atoms with Crippen LogP contribution in [0.15, 0.2) is 0 Å². The van der Waals surface area contributed by atoms with Crippen LogP contribution in [0, 0.1) is 0 Å². The van der Waals surface area contributed by atoms with Crippen molar-refractivity contribution in [3.63, 3.8) is 0 Å². The van der Waals surface area contributed by atoms with Crippen LogP contribution in [0.3, 0.4) is 0 Å². The molecule has 2 nitrogen and oxygen atoms in total. The van der Waals surface area contributed by atoms with Gasteiger partial charge in [-0.3, -0.25) is 0 Å². The van der Waals surface area contributed by atoms with Crippen LogP contribution < -0.4 is 0 Å². The normalized spacial score (nSPS) is 3.60. The highest BCUT2D eigenvalue weighted by Crippen LogP contribution is 1.30. The fraction of sp³-hybridized carbons (Fsp3) is 1.00. The third-order valence-electron chi connectivity index (χ3n) is 0. The molecule has 0 aromatic rings. The third kappa shape index (κ3) is 196. The minimum Gasteiger partial charge on any atom is -0.870 e. The van der Waals surface area contributed by atoms with E-state index in [9.17, 15) is 0 Å². The molecule has 1 atom stereocenters. The molecule has 0 aromatic heterocycles. The summed E-state index contributed by atoms with van der Waals surface area (Å²) in [4.78, 5) is 0. The van der Waals surface area contributed by atoms with E-state index in [4.69, 9.17) is 5.11 Å². The number of rotatable bonds is 0. The first-order chi connectivity index (χ1) is 1.41. The molecule has 0 saturated heterocycles. The van der Waals surface area contributed by atoms with E-state index < -0.39 is 0 Å². The van der Waals surface area contributed by atoms with Gasteiger partial charge in [0, 0.05) is 6.61 Å². The van der Waals surface area contributed by atoms with E-state index in [0.29, 0.717) is 0 Å². The van der Waals surface area contributed by atoms with Gasteiger partial charge in [-0.2, -0.15) is 0 Å². The second-order valence-corrected chi connectivity index (χ2v) is 0.316. The van der Waals surface area contributed by atoms with Crippen molar-refractivity contribution in [3.05, 3.63) is 0 Å². The molecule has 0 aromatic carbocycles. The molecule has 0 saturated carbocycles. The first-order valence-electron chi connectivity index (χ1n) is 1.02. The van der Waals surface area contributed by atoms with Gasteiger partial charge in [0.1, 0.15) is 0 Å². The van der Waals surface area contributed by atoms with Crippen LogP contribution in [0.25, 0.3) is 0 Å². The maximum absolute atomic E-state index is 7.57. The molecule has 0 fully saturated rings. The predicted octanol–water partition coefficient (Wildman–Crippen LogP) is -0.388. The van der Waals surface area contributed by atoms with Crippen molar-refractivity contribution in [1.82, 2.24) is 0 Å². The Kier molecular flexibility index (Phi) is 98.2. The molecule has 0 spiro atoms. The van der Waals surface area contributed by atoms with Crippen molar-refractivity contribution >= 4 is 9.90 Å². The van der Waals surface area contributed by atoms with Gasteiger partial charge in [0.05, 0.1) is 0 Å². The van der Waals surface area contributed by atoms with Gasteiger partial charge < -0.3 is 10.6 Å². The van der Waals surface area contributed by atoms with Crippen LogP contribution in [0.4, 0.5) is 0 Å². The lowest BCUT2D eigenvalue weighted by molar-refractivity contribution is 0.318. The second-order valence-electron chi connectivity index (χ2n) is 0.316. The summed E-state index contributed by atoms with van der Waals surface area (Å²) in [6.45, 7) is 1.93. The van der Waals surface area contributed by atoms with Gasteiger partial charge in [-0.25, -0.2) is 0 Å². The molecule has 0 aliphatic rings. The number of hydrogen-bond acceptors (Lipinski definition) is 2. The highest BCUT2D eigenvalue weighted by molar-refractivity contribution is 6.92. The highest BCUT2D eigenvalue weighted by Gasteiger charge is 1.34. The van der Waals surface area contributed by atoms with Crippen LogP contribution in [0.1, 0.15) is 6.92 Å². The molecule has 0 heterocycles. The summed E-state index contributed by atoms with van der Waals surface area (Å²) in [6.07, 6.45) is 0. The summed E-state index contributed by atoms with van der Waals surface area (Å²) in [5.41, 5.74) is 0. The second kappa shape index (κ2) is 26.8. The monoisotopic (exact) mass is 98.0 g/mol. The molecule has 2 N–H and O–H groups in total. The molecule has 0 amide bonds. The van der Waals surface area contributed by atoms with E-state index in [2.05, 4.69) is 0 Å². The van der Waals surface area contributed by atoms with Crippen molar-refractivity contribution in [2.24, 2.45) is 0 Å². The van der Waals surface area contributed by atoms with E-state index in [1.807, 2.05) is 0 Å². The summed E-state index contributed by atoms with van der Waals surface area (Å²) in [6, 6.07) is 0. The Morgan fingerprint density at radius 2 is 1.60 bits per heavy atom. The van der Waals surface area contributed by atoms with Gasteiger partial charge in [-0.05, 0) is 16.8 Å². The van der Waals surface area contributed by atoms with Crippen LogP contribution in [0.2, 0.25) is 0 Å². The highest BCUT2D eigenvalue weighted by atomic mass is 31.0. The number of hydrogen-bond donors (Lipinski definition) is 1. The van der Waals surface area contributed by atoms with E-state index in [-0.39, 0.29) is 22.0 Å². The Morgan fingerprint density at radius 1 is 1.60 bits per heavy atom. The Hall–Kier alpha value is 0.350. The van der Waals surface area contributed by atoms with Crippen LogP contribution in [-0.4, -0.2) is 17.2 Å². The van der Waals surface area contributed by atoms with Gasteiger partial charge in [0.25, 0.3) is 0 Å². The average molecular weight is 98.1 g/mol. The Balaban J connectivity index is -0.0000000200. The van der Waals surface area contributed by atoms with Crippen molar-refractivity contribution in [3.8, 4) is 0 Å². The lowest BCUT2D eigenvalue weighted by Crippen LogP contribution is -1.57. The van der Waals surface area contributed by atoms with Gasteiger partial charge in [-0.15, -0.1) is 0 Å². The molecule has 5 heavy (non-hydrogen) atoms. The zero-order valence-electron chi connectivity index (χ0n) is 3.60. The van der Waals surface area contributed by atoms with E-state index in [0.717, 1.165) is 0 Å². The van der Waals surface area contributed by atoms with Crippen molar-refractivity contribution in [1.29, 1.82) is 0 Å². The molecule has 0 rings (SSSR count). The predicted molar refractivity (Wildman–Crippen MR) is 27.2 cm³/mol. The summed E-state index contributed by atoms with van der Waals surface area (Å²) in [5, 5.41) is 7.57. The number of aliphatic hydroxyl groups is 1. The Morgan fingerprint density at radius 3 is 1.60 bits per heavy atom. The largest absolute Gasteiger partial charge is 0.870 e. The fourth-order valence-electron chi connectivity index (χ4n) is 0. The average Bonchev–Trinajstić information content (AvgIpc) is 0.918. The zero-order chi connectivity index (χ0) is 2.71. The SMILES string of the molecule is CCO.[OH-].[PH4+]. The van der Waals surface area contributed by atoms with E-state index in [1.54, 1.807) is 6.92 Å². The first-order valence-corrected chi connectivity index (χ1v) is 1.02. The van der Waals surface area contributed by atoms with E-state index >= 15 is 0 Å². The van der Waals surface area contributed by atoms with Gasteiger partial charge in [-0.1, -0.05) is 0 Å². The summed E-state index contributed by atoms with van der Waals surface area (Å²) >= 11 is 0. The Bertz CT molecular complexity index is 7.61. The van der Waals surface area contributed by atoms with Crippen LogP contribution >= 0.6 is 9.90 Å². The first kappa shape index (κ1) is 18.3. The molecular weight excluding hydrogens is 87.0 g/mol.